The van der Waals surface area contributed by atoms with Gasteiger partial charge in [-0.2, -0.15) is 0 Å². The first-order valence-corrected chi connectivity index (χ1v) is 21.7. The molecule has 10 rings (SSSR count). The van der Waals surface area contributed by atoms with E-state index in [1.165, 1.54) is 19.6 Å². The summed E-state index contributed by atoms with van der Waals surface area (Å²) in [7, 11) is -1.26. The van der Waals surface area contributed by atoms with Crippen LogP contribution in [0.4, 0.5) is 34.1 Å². The fourth-order valence-electron chi connectivity index (χ4n) is 8.16. The Labute approximate surface area is 351 Å². The highest BCUT2D eigenvalue weighted by atomic mass is 32.2. The quantitative estimate of drug-likeness (QED) is 0.160. The van der Waals surface area contributed by atoms with Crippen molar-refractivity contribution in [2.45, 2.75) is 97.4 Å². The van der Waals surface area contributed by atoms with Gasteiger partial charge in [-0.25, -0.2) is 0 Å². The number of para-hydroxylation sites is 4. The predicted molar refractivity (Wildman–Crippen MR) is 241 cm³/mol. The van der Waals surface area contributed by atoms with Crippen LogP contribution in [0.5, 0.6) is 0 Å². The third-order valence-electron chi connectivity index (χ3n) is 12.8. The Morgan fingerprint density at radius 1 is 0.379 bits per heavy atom. The summed E-state index contributed by atoms with van der Waals surface area (Å²) in [6.45, 7) is 16.9. The van der Waals surface area contributed by atoms with Crippen molar-refractivity contribution in [3.8, 4) is 11.1 Å². The molecule has 10 heteroatoms. The SMILES string of the molecule is CC1(C)OB(c2cc(N3c4ccccc4Sc4ccccc43)ccc2-c2ccc(N3c4ccccc4Sc4ccccc43)cc2B2OC(C)(C)C(C)(C)O2)OC1(C)C. The standard InChI is InChI=1S/C48H46B2N2O4S2/c1-45(2)46(3,4)54-49(53-45)35-29-31(51-37-17-9-13-21-41(37)57-42-22-14-10-18-38(42)51)25-27-33(35)34-28-26-32(30-36(34)50-55-47(5,6)48(7,8)56-50)52-39-19-11-15-23-43(39)58-44-24-16-12-20-40(44)52/h9-30H,1-8H3. The highest BCUT2D eigenvalue weighted by Crippen LogP contribution is 2.53. The smallest absolute Gasteiger partial charge is 0.399 e. The summed E-state index contributed by atoms with van der Waals surface area (Å²) in [6, 6.07) is 47.9. The fraction of sp³-hybridized carbons (Fsp3) is 0.250. The molecule has 6 aromatic carbocycles. The average Bonchev–Trinajstić information content (AvgIpc) is 3.57. The lowest BCUT2D eigenvalue weighted by Gasteiger charge is -2.34. The van der Waals surface area contributed by atoms with E-state index in [2.05, 4.69) is 199 Å². The van der Waals surface area contributed by atoms with Crippen molar-refractivity contribution in [1.29, 1.82) is 0 Å². The highest BCUT2D eigenvalue weighted by molar-refractivity contribution is 8.00. The summed E-state index contributed by atoms with van der Waals surface area (Å²) in [5.41, 5.74) is 8.33. The molecule has 0 aliphatic carbocycles. The van der Waals surface area contributed by atoms with Crippen LogP contribution in [-0.4, -0.2) is 36.6 Å². The third kappa shape index (κ3) is 6.06. The molecule has 0 N–H and O–H groups in total. The molecule has 58 heavy (non-hydrogen) atoms. The lowest BCUT2D eigenvalue weighted by atomic mass is 9.69. The van der Waals surface area contributed by atoms with Gasteiger partial charge >= 0.3 is 14.2 Å². The molecule has 0 saturated carbocycles. The van der Waals surface area contributed by atoms with Crippen LogP contribution in [-0.2, 0) is 18.6 Å². The van der Waals surface area contributed by atoms with E-state index < -0.39 is 36.6 Å². The second-order valence-electron chi connectivity index (χ2n) is 17.5. The zero-order chi connectivity index (χ0) is 40.2. The molecule has 2 saturated heterocycles. The first kappa shape index (κ1) is 37.8. The summed E-state index contributed by atoms with van der Waals surface area (Å²) in [5.74, 6) is 0. The van der Waals surface area contributed by atoms with Gasteiger partial charge < -0.3 is 28.4 Å². The minimum atomic E-state index is -0.631. The molecular formula is C48H46B2N2O4S2. The molecule has 0 spiro atoms. The van der Waals surface area contributed by atoms with Crippen molar-refractivity contribution in [2.75, 3.05) is 9.80 Å². The lowest BCUT2D eigenvalue weighted by molar-refractivity contribution is 0.00578. The van der Waals surface area contributed by atoms with Gasteiger partial charge in [0, 0.05) is 31.0 Å². The molecule has 4 heterocycles. The molecule has 4 aliphatic rings. The number of nitrogens with zero attached hydrogens (tertiary/aromatic N) is 2. The van der Waals surface area contributed by atoms with Crippen LogP contribution in [0.3, 0.4) is 0 Å². The van der Waals surface area contributed by atoms with Crippen molar-refractivity contribution >= 4 is 82.8 Å². The Hall–Kier alpha value is -4.41. The molecule has 6 nitrogen and oxygen atoms in total. The van der Waals surface area contributed by atoms with E-state index in [9.17, 15) is 0 Å². The molecule has 0 atom stereocenters. The van der Waals surface area contributed by atoms with Gasteiger partial charge in [-0.15, -0.1) is 0 Å². The molecule has 2 fully saturated rings. The van der Waals surface area contributed by atoms with Crippen LogP contribution >= 0.6 is 23.5 Å². The van der Waals surface area contributed by atoms with Crippen LogP contribution in [0, 0.1) is 0 Å². The molecule has 0 radical (unpaired) electrons. The molecule has 0 aromatic heterocycles. The van der Waals surface area contributed by atoms with E-state index in [4.69, 9.17) is 18.6 Å². The zero-order valence-corrected chi connectivity index (χ0v) is 35.8. The number of rotatable bonds is 5. The Morgan fingerprint density at radius 3 is 0.948 bits per heavy atom. The summed E-state index contributed by atoms with van der Waals surface area (Å²) in [5, 5.41) is 0. The normalized spacial score (nSPS) is 19.4. The Kier molecular flexibility index (Phi) is 8.85. The largest absolute Gasteiger partial charge is 0.495 e. The number of hydrogen-bond donors (Lipinski definition) is 0. The van der Waals surface area contributed by atoms with E-state index in [1.54, 1.807) is 23.5 Å². The van der Waals surface area contributed by atoms with Gasteiger partial charge in [-0.3, -0.25) is 0 Å². The van der Waals surface area contributed by atoms with Gasteiger partial charge in [0.25, 0.3) is 0 Å². The van der Waals surface area contributed by atoms with E-state index >= 15 is 0 Å². The summed E-state index contributed by atoms with van der Waals surface area (Å²) >= 11 is 3.61. The summed E-state index contributed by atoms with van der Waals surface area (Å²) in [4.78, 5) is 9.56. The molecule has 0 unspecified atom stereocenters. The van der Waals surface area contributed by atoms with Crippen molar-refractivity contribution in [3.63, 3.8) is 0 Å². The summed E-state index contributed by atoms with van der Waals surface area (Å²) < 4.78 is 27.6. The monoisotopic (exact) mass is 800 g/mol. The summed E-state index contributed by atoms with van der Waals surface area (Å²) in [6.07, 6.45) is 0. The Morgan fingerprint density at radius 2 is 0.655 bits per heavy atom. The number of anilines is 6. The second-order valence-corrected chi connectivity index (χ2v) is 19.6. The van der Waals surface area contributed by atoms with Crippen LogP contribution in [0.1, 0.15) is 55.4 Å². The van der Waals surface area contributed by atoms with Crippen molar-refractivity contribution in [3.05, 3.63) is 133 Å². The van der Waals surface area contributed by atoms with Crippen molar-refractivity contribution in [1.82, 2.24) is 0 Å². The zero-order valence-electron chi connectivity index (χ0n) is 34.2. The van der Waals surface area contributed by atoms with Gasteiger partial charge in [0.1, 0.15) is 0 Å². The maximum atomic E-state index is 6.90. The average molecular weight is 801 g/mol. The first-order chi connectivity index (χ1) is 27.7. The second kappa shape index (κ2) is 13.6. The van der Waals surface area contributed by atoms with E-state index in [1.807, 2.05) is 0 Å². The van der Waals surface area contributed by atoms with Crippen molar-refractivity contribution in [2.24, 2.45) is 0 Å². The van der Waals surface area contributed by atoms with E-state index in [0.29, 0.717) is 0 Å². The van der Waals surface area contributed by atoms with Gasteiger partial charge in [0.15, 0.2) is 0 Å². The predicted octanol–water partition coefficient (Wildman–Crippen LogP) is 11.8. The molecule has 290 valence electrons. The van der Waals surface area contributed by atoms with Gasteiger partial charge in [0.05, 0.1) is 45.2 Å². The molecule has 0 amide bonds. The van der Waals surface area contributed by atoms with Gasteiger partial charge in [-0.1, -0.05) is 84.2 Å². The number of hydrogen-bond acceptors (Lipinski definition) is 8. The maximum Gasteiger partial charge on any atom is 0.495 e. The third-order valence-corrected chi connectivity index (χ3v) is 15.0. The molecule has 6 aromatic rings. The Balaban J connectivity index is 1.19. The molecule has 4 aliphatic heterocycles. The fourth-order valence-corrected chi connectivity index (χ4v) is 10.3. The van der Waals surface area contributed by atoms with Gasteiger partial charge in [0.2, 0.25) is 0 Å². The van der Waals surface area contributed by atoms with E-state index in [-0.39, 0.29) is 0 Å². The number of benzene rings is 6. The lowest BCUT2D eigenvalue weighted by Crippen LogP contribution is -2.41. The van der Waals surface area contributed by atoms with E-state index in [0.717, 1.165) is 56.2 Å². The van der Waals surface area contributed by atoms with Crippen molar-refractivity contribution < 1.29 is 18.6 Å². The maximum absolute atomic E-state index is 6.90. The van der Waals surface area contributed by atoms with Crippen LogP contribution in [0.2, 0.25) is 0 Å². The molecular weight excluding hydrogens is 754 g/mol. The number of fused-ring (bicyclic) bond motifs is 4. The first-order valence-electron chi connectivity index (χ1n) is 20.0. The van der Waals surface area contributed by atoms with Crippen LogP contribution in [0.15, 0.2) is 153 Å². The Bertz CT molecular complexity index is 2310. The topological polar surface area (TPSA) is 43.4 Å². The highest BCUT2D eigenvalue weighted by Gasteiger charge is 2.54. The van der Waals surface area contributed by atoms with Gasteiger partial charge in [-0.05, 0) is 150 Å². The minimum absolute atomic E-state index is 0.544. The van der Waals surface area contributed by atoms with Crippen LogP contribution < -0.4 is 20.7 Å². The molecule has 0 bridgehead atoms. The minimum Gasteiger partial charge on any atom is -0.399 e. The van der Waals surface area contributed by atoms with Crippen LogP contribution in [0.25, 0.3) is 11.1 Å².